The summed E-state index contributed by atoms with van der Waals surface area (Å²) in [4.78, 5) is 2.37. The maximum atomic E-state index is 6.42. The number of nitrogens with zero attached hydrogens (tertiary/aromatic N) is 1. The second-order valence-corrected chi connectivity index (χ2v) is 15.4. The summed E-state index contributed by atoms with van der Waals surface area (Å²) in [5, 5.41) is 9.80. The standard InChI is InChI=1S/C55H39NO/c1-36-16-18-37(19-17-36)38-22-28-44(29-23-38)56(45-30-24-40(25-31-45)49-12-7-14-53-52-10-4-5-15-54(52)57-55(49)53)46-32-26-41-34-43(21-20-42(41)35-46)48-11-6-13-50-47-9-3-2-8-39(47)27-33-51(48)50/h2-16,18-36H,17H2,1H3. The monoisotopic (exact) mass is 729 g/mol. The lowest BCUT2D eigenvalue weighted by atomic mass is 9.93. The quantitative estimate of drug-likeness (QED) is 0.158. The smallest absolute Gasteiger partial charge is 0.143 e. The molecular formula is C55H39NO. The average molecular weight is 730 g/mol. The lowest BCUT2D eigenvalue weighted by Crippen LogP contribution is -2.10. The van der Waals surface area contributed by atoms with Crippen molar-refractivity contribution >= 4 is 76.9 Å². The molecule has 1 heterocycles. The van der Waals surface area contributed by atoms with Crippen molar-refractivity contribution in [2.75, 3.05) is 4.90 Å². The first-order valence-electron chi connectivity index (χ1n) is 19.9. The highest BCUT2D eigenvalue weighted by Crippen LogP contribution is 2.41. The second-order valence-electron chi connectivity index (χ2n) is 15.4. The Kier molecular flexibility index (Phi) is 7.89. The van der Waals surface area contributed by atoms with Gasteiger partial charge in [-0.3, -0.25) is 0 Å². The zero-order valence-electron chi connectivity index (χ0n) is 31.7. The third-order valence-electron chi connectivity index (χ3n) is 11.8. The molecule has 0 spiro atoms. The Labute approximate surface area is 332 Å². The molecule has 1 atom stereocenters. The van der Waals surface area contributed by atoms with E-state index in [9.17, 15) is 0 Å². The maximum absolute atomic E-state index is 6.42. The summed E-state index contributed by atoms with van der Waals surface area (Å²) < 4.78 is 6.42. The molecule has 2 nitrogen and oxygen atoms in total. The fraction of sp³-hybridized carbons (Fsp3) is 0.0545. The summed E-state index contributed by atoms with van der Waals surface area (Å²) >= 11 is 0. The topological polar surface area (TPSA) is 16.4 Å². The van der Waals surface area contributed by atoms with E-state index in [1.165, 1.54) is 54.6 Å². The Morgan fingerprint density at radius 1 is 0.456 bits per heavy atom. The molecule has 0 saturated heterocycles. The van der Waals surface area contributed by atoms with Gasteiger partial charge in [-0.1, -0.05) is 159 Å². The molecule has 1 aliphatic carbocycles. The van der Waals surface area contributed by atoms with Crippen LogP contribution in [0.1, 0.15) is 18.9 Å². The average Bonchev–Trinajstić information content (AvgIpc) is 3.66. The van der Waals surface area contributed by atoms with Gasteiger partial charge in [-0.15, -0.1) is 0 Å². The molecule has 57 heavy (non-hydrogen) atoms. The van der Waals surface area contributed by atoms with Crippen LogP contribution in [0.25, 0.3) is 82.1 Å². The molecule has 1 aromatic heterocycles. The van der Waals surface area contributed by atoms with Crippen LogP contribution in [-0.2, 0) is 0 Å². The Balaban J connectivity index is 0.991. The van der Waals surface area contributed by atoms with Gasteiger partial charge in [0, 0.05) is 33.4 Å². The van der Waals surface area contributed by atoms with E-state index in [0.717, 1.165) is 56.5 Å². The zero-order chi connectivity index (χ0) is 37.9. The van der Waals surface area contributed by atoms with Crippen LogP contribution in [0.3, 0.4) is 0 Å². The summed E-state index contributed by atoms with van der Waals surface area (Å²) in [7, 11) is 0. The molecule has 0 amide bonds. The Hall–Kier alpha value is -7.16. The van der Waals surface area contributed by atoms with Crippen molar-refractivity contribution in [3.05, 3.63) is 206 Å². The Bertz CT molecular complexity index is 3220. The molecular weight excluding hydrogens is 691 g/mol. The minimum absolute atomic E-state index is 0.585. The van der Waals surface area contributed by atoms with Gasteiger partial charge in [0.1, 0.15) is 11.2 Å². The molecule has 0 aliphatic heterocycles. The summed E-state index contributed by atoms with van der Waals surface area (Å²) in [5.41, 5.74) is 12.4. The summed E-state index contributed by atoms with van der Waals surface area (Å²) in [5.74, 6) is 0.585. The molecule has 270 valence electrons. The molecule has 2 heteroatoms. The van der Waals surface area contributed by atoms with Gasteiger partial charge in [-0.05, 0) is 121 Å². The second kappa shape index (κ2) is 13.5. The van der Waals surface area contributed by atoms with Gasteiger partial charge in [0.25, 0.3) is 0 Å². The van der Waals surface area contributed by atoms with Crippen LogP contribution in [0.2, 0.25) is 0 Å². The van der Waals surface area contributed by atoms with Crippen molar-refractivity contribution in [2.45, 2.75) is 13.3 Å². The van der Waals surface area contributed by atoms with Crippen molar-refractivity contribution in [2.24, 2.45) is 5.92 Å². The van der Waals surface area contributed by atoms with E-state index in [1.807, 2.05) is 12.1 Å². The minimum atomic E-state index is 0.585. The predicted octanol–water partition coefficient (Wildman–Crippen LogP) is 15.8. The SMILES string of the molecule is CC1C=CC(c2ccc(N(c3ccc(-c4cccc5c4oc4ccccc45)cc3)c3ccc4cc(-c5cccc6c5ccc5ccccc56)ccc4c3)cc2)=CC1. The van der Waals surface area contributed by atoms with E-state index >= 15 is 0 Å². The highest BCUT2D eigenvalue weighted by molar-refractivity contribution is 6.13. The van der Waals surface area contributed by atoms with Crippen molar-refractivity contribution in [1.82, 2.24) is 0 Å². The molecule has 0 bridgehead atoms. The van der Waals surface area contributed by atoms with Crippen LogP contribution in [0.15, 0.2) is 205 Å². The van der Waals surface area contributed by atoms with Gasteiger partial charge in [0.15, 0.2) is 0 Å². The van der Waals surface area contributed by atoms with Crippen LogP contribution in [0.4, 0.5) is 17.1 Å². The van der Waals surface area contributed by atoms with E-state index in [-0.39, 0.29) is 0 Å². The fourth-order valence-corrected chi connectivity index (χ4v) is 8.79. The number of hydrogen-bond acceptors (Lipinski definition) is 2. The van der Waals surface area contributed by atoms with Gasteiger partial charge in [0.2, 0.25) is 0 Å². The van der Waals surface area contributed by atoms with Crippen molar-refractivity contribution in [3.63, 3.8) is 0 Å². The largest absolute Gasteiger partial charge is 0.455 e. The van der Waals surface area contributed by atoms with E-state index in [0.29, 0.717) is 5.92 Å². The first-order valence-corrected chi connectivity index (χ1v) is 19.9. The highest BCUT2D eigenvalue weighted by atomic mass is 16.3. The normalized spacial score (nSPS) is 14.2. The van der Waals surface area contributed by atoms with Crippen LogP contribution in [-0.4, -0.2) is 0 Å². The maximum Gasteiger partial charge on any atom is 0.143 e. The Morgan fingerprint density at radius 3 is 1.89 bits per heavy atom. The number of anilines is 3. The van der Waals surface area contributed by atoms with E-state index in [2.05, 4.69) is 200 Å². The van der Waals surface area contributed by atoms with Crippen molar-refractivity contribution < 1.29 is 4.42 Å². The van der Waals surface area contributed by atoms with Crippen LogP contribution < -0.4 is 4.90 Å². The first kappa shape index (κ1) is 33.2. The number of furan rings is 1. The van der Waals surface area contributed by atoms with Gasteiger partial charge in [0.05, 0.1) is 0 Å². The summed E-state index contributed by atoms with van der Waals surface area (Å²) in [6.45, 7) is 2.27. The van der Waals surface area contributed by atoms with E-state index in [1.54, 1.807) is 0 Å². The van der Waals surface area contributed by atoms with Gasteiger partial charge < -0.3 is 9.32 Å². The lowest BCUT2D eigenvalue weighted by Gasteiger charge is -2.26. The molecule has 0 N–H and O–H groups in total. The van der Waals surface area contributed by atoms with Gasteiger partial charge in [-0.25, -0.2) is 0 Å². The third kappa shape index (κ3) is 5.81. The van der Waals surface area contributed by atoms with Gasteiger partial charge in [-0.2, -0.15) is 0 Å². The van der Waals surface area contributed by atoms with Crippen molar-refractivity contribution in [3.8, 4) is 22.3 Å². The summed E-state index contributed by atoms with van der Waals surface area (Å²) in [6, 6.07) is 66.2. The molecule has 9 aromatic carbocycles. The number of allylic oxidation sites excluding steroid dienone is 4. The minimum Gasteiger partial charge on any atom is -0.455 e. The predicted molar refractivity (Wildman–Crippen MR) is 243 cm³/mol. The van der Waals surface area contributed by atoms with E-state index < -0.39 is 0 Å². The van der Waals surface area contributed by atoms with Crippen LogP contribution in [0, 0.1) is 5.92 Å². The molecule has 0 saturated carbocycles. The number of hydrogen-bond donors (Lipinski definition) is 0. The molecule has 1 aliphatic rings. The zero-order valence-corrected chi connectivity index (χ0v) is 31.7. The van der Waals surface area contributed by atoms with E-state index in [4.69, 9.17) is 4.42 Å². The molecule has 0 radical (unpaired) electrons. The van der Waals surface area contributed by atoms with Crippen LogP contribution >= 0.6 is 0 Å². The molecule has 0 fully saturated rings. The van der Waals surface area contributed by atoms with Gasteiger partial charge >= 0.3 is 0 Å². The lowest BCUT2D eigenvalue weighted by molar-refractivity contribution is 0.670. The Morgan fingerprint density at radius 2 is 1.09 bits per heavy atom. The molecule has 11 rings (SSSR count). The molecule has 10 aromatic rings. The third-order valence-corrected chi connectivity index (χ3v) is 11.8. The number of para-hydroxylation sites is 2. The molecule has 1 unspecified atom stereocenters. The highest BCUT2D eigenvalue weighted by Gasteiger charge is 2.17. The van der Waals surface area contributed by atoms with Crippen LogP contribution in [0.5, 0.6) is 0 Å². The van der Waals surface area contributed by atoms with Crippen molar-refractivity contribution in [1.29, 1.82) is 0 Å². The first-order chi connectivity index (χ1) is 28.1. The number of fused-ring (bicyclic) bond motifs is 7. The number of rotatable bonds is 6. The number of benzene rings is 9. The summed E-state index contributed by atoms with van der Waals surface area (Å²) in [6.07, 6.45) is 8.01. The fourth-order valence-electron chi connectivity index (χ4n) is 8.79.